The average molecular weight is 375 g/mol. The lowest BCUT2D eigenvalue weighted by Crippen LogP contribution is -2.36. The zero-order chi connectivity index (χ0) is 18.5. The van der Waals surface area contributed by atoms with Crippen LogP contribution in [-0.2, 0) is 6.42 Å². The van der Waals surface area contributed by atoms with Crippen LogP contribution in [0.25, 0.3) is 21.5 Å². The molecule has 4 rings (SSSR count). The molecule has 1 aliphatic carbocycles. The molecule has 0 atom stereocenters. The van der Waals surface area contributed by atoms with Crippen LogP contribution < -0.4 is 16.6 Å². The van der Waals surface area contributed by atoms with Crippen LogP contribution in [0.1, 0.15) is 17.7 Å². The fraction of sp³-hybridized carbons (Fsp3) is 0.333. The first kappa shape index (κ1) is 17.1. The molecule has 1 fully saturated rings. The largest absolute Gasteiger partial charge is 0.396 e. The highest BCUT2D eigenvalue weighted by Gasteiger charge is 2.45. The van der Waals surface area contributed by atoms with Crippen molar-refractivity contribution in [2.24, 2.45) is 11.8 Å². The first-order valence-corrected chi connectivity index (χ1v) is 9.14. The fourth-order valence-electron chi connectivity index (χ4n) is 3.35. The summed E-state index contributed by atoms with van der Waals surface area (Å²) in [4.78, 5) is 11.0. The van der Waals surface area contributed by atoms with Crippen molar-refractivity contribution in [3.05, 3.63) is 35.3 Å². The highest BCUT2D eigenvalue weighted by molar-refractivity contribution is 7.18. The molecule has 1 aliphatic rings. The van der Waals surface area contributed by atoms with Crippen molar-refractivity contribution in [1.82, 2.24) is 9.97 Å². The van der Waals surface area contributed by atoms with Crippen LogP contribution in [-0.4, -0.2) is 22.9 Å². The van der Waals surface area contributed by atoms with Gasteiger partial charge in [0.05, 0.1) is 11.4 Å². The van der Waals surface area contributed by atoms with Crippen molar-refractivity contribution in [2.45, 2.75) is 25.2 Å². The Hall–Kier alpha value is -2.32. The van der Waals surface area contributed by atoms with Gasteiger partial charge in [0.25, 0.3) is 0 Å². The van der Waals surface area contributed by atoms with Crippen LogP contribution in [0.5, 0.6) is 0 Å². The number of halogens is 2. The summed E-state index contributed by atoms with van der Waals surface area (Å²) >= 11 is 1.56. The molecule has 0 spiro atoms. The lowest BCUT2D eigenvalue weighted by molar-refractivity contribution is -0.109. The highest BCUT2D eigenvalue weighted by Crippen LogP contribution is 2.44. The summed E-state index contributed by atoms with van der Waals surface area (Å²) in [6.45, 7) is 0. The Morgan fingerprint density at radius 3 is 2.73 bits per heavy atom. The predicted octanol–water partition coefficient (Wildman–Crippen LogP) is 3.84. The number of hydrazine groups is 1. The second-order valence-corrected chi connectivity index (χ2v) is 8.00. The Morgan fingerprint density at radius 2 is 2.08 bits per heavy atom. The molecule has 0 unspecified atom stereocenters. The summed E-state index contributed by atoms with van der Waals surface area (Å²) in [6.07, 6.45) is 2.37. The minimum absolute atomic E-state index is 0.00713. The van der Waals surface area contributed by atoms with Crippen molar-refractivity contribution in [1.29, 1.82) is 0 Å². The average Bonchev–Trinajstić information content (AvgIpc) is 2.94. The summed E-state index contributed by atoms with van der Waals surface area (Å²) in [5.74, 6) is 3.79. The number of hydrogen-bond acceptors (Lipinski definition) is 6. The molecule has 0 radical (unpaired) electrons. The van der Waals surface area contributed by atoms with Gasteiger partial charge in [-0.2, -0.15) is 0 Å². The van der Waals surface area contributed by atoms with Gasteiger partial charge in [0.2, 0.25) is 5.92 Å². The van der Waals surface area contributed by atoms with Crippen molar-refractivity contribution in [3.63, 3.8) is 0 Å². The SMILES string of the molecule is CN(N)c1ncc(-c2ccc3cc(CC4CC(F)(F)C4)sc3n2)cc1N. The molecular formula is C18H19F2N5S. The molecule has 4 N–H and O–H groups in total. The summed E-state index contributed by atoms with van der Waals surface area (Å²) in [5, 5.41) is 2.39. The van der Waals surface area contributed by atoms with E-state index in [9.17, 15) is 8.78 Å². The van der Waals surface area contributed by atoms with E-state index in [1.165, 1.54) is 5.01 Å². The topological polar surface area (TPSA) is 81.1 Å². The Bertz CT molecular complexity index is 961. The Labute approximate surface area is 153 Å². The number of anilines is 2. The fourth-order valence-corrected chi connectivity index (χ4v) is 4.50. The normalized spacial score (nSPS) is 16.6. The molecule has 8 heteroatoms. The third kappa shape index (κ3) is 3.22. The number of fused-ring (bicyclic) bond motifs is 1. The summed E-state index contributed by atoms with van der Waals surface area (Å²) in [7, 11) is 1.67. The quantitative estimate of drug-likeness (QED) is 0.535. The van der Waals surface area contributed by atoms with Crippen LogP contribution in [0.2, 0.25) is 0 Å². The van der Waals surface area contributed by atoms with Crippen LogP contribution in [0.15, 0.2) is 30.5 Å². The van der Waals surface area contributed by atoms with Gasteiger partial charge in [0.15, 0.2) is 5.82 Å². The van der Waals surface area contributed by atoms with Crippen molar-refractivity contribution in [2.75, 3.05) is 17.8 Å². The number of alkyl halides is 2. The number of nitrogen functional groups attached to an aromatic ring is 1. The van der Waals surface area contributed by atoms with Gasteiger partial charge < -0.3 is 5.73 Å². The maximum Gasteiger partial charge on any atom is 0.248 e. The zero-order valence-electron chi connectivity index (χ0n) is 14.2. The van der Waals surface area contributed by atoms with Gasteiger partial charge in [-0.25, -0.2) is 24.6 Å². The molecule has 0 amide bonds. The molecule has 26 heavy (non-hydrogen) atoms. The number of hydrogen-bond donors (Lipinski definition) is 2. The van der Waals surface area contributed by atoms with Crippen molar-refractivity contribution in [3.8, 4) is 11.3 Å². The standard InChI is InChI=1S/C18H19F2N5S/c1-25(22)16-14(21)6-12(9-23-16)15-3-2-11-5-13(26-17(11)24-15)4-10-7-18(19,20)8-10/h2-3,5-6,9-10H,4,7-8,21-22H2,1H3. The van der Waals surface area contributed by atoms with Crippen LogP contribution in [0.4, 0.5) is 20.3 Å². The number of rotatable bonds is 4. The second-order valence-electron chi connectivity index (χ2n) is 6.89. The minimum atomic E-state index is -2.47. The van der Waals surface area contributed by atoms with E-state index in [0.29, 0.717) is 17.9 Å². The van der Waals surface area contributed by atoms with Crippen LogP contribution >= 0.6 is 11.3 Å². The molecule has 1 saturated carbocycles. The Kier molecular flexibility index (Phi) is 4.04. The van der Waals surface area contributed by atoms with Gasteiger partial charge in [-0.1, -0.05) is 0 Å². The smallest absolute Gasteiger partial charge is 0.248 e. The number of nitrogens with zero attached hydrogens (tertiary/aromatic N) is 3. The molecule has 0 saturated heterocycles. The highest BCUT2D eigenvalue weighted by atomic mass is 32.1. The van der Waals surface area contributed by atoms with E-state index in [1.54, 1.807) is 30.6 Å². The molecule has 0 aliphatic heterocycles. The van der Waals surface area contributed by atoms with E-state index >= 15 is 0 Å². The van der Waals surface area contributed by atoms with Crippen molar-refractivity contribution < 1.29 is 8.78 Å². The monoisotopic (exact) mass is 375 g/mol. The van der Waals surface area contributed by atoms with E-state index in [-0.39, 0.29) is 18.8 Å². The molecule has 3 aromatic heterocycles. The summed E-state index contributed by atoms with van der Waals surface area (Å²) in [6, 6.07) is 7.75. The van der Waals surface area contributed by atoms with E-state index < -0.39 is 5.92 Å². The van der Waals surface area contributed by atoms with Gasteiger partial charge in [0.1, 0.15) is 4.83 Å². The van der Waals surface area contributed by atoms with E-state index in [1.807, 2.05) is 18.2 Å². The molecular weight excluding hydrogens is 356 g/mol. The number of thiophene rings is 1. The Morgan fingerprint density at radius 1 is 1.31 bits per heavy atom. The van der Waals surface area contributed by atoms with Gasteiger partial charge >= 0.3 is 0 Å². The van der Waals surface area contributed by atoms with Gasteiger partial charge in [-0.3, -0.25) is 5.01 Å². The van der Waals surface area contributed by atoms with E-state index in [0.717, 1.165) is 26.4 Å². The lowest BCUT2D eigenvalue weighted by atomic mass is 9.79. The first-order chi connectivity index (χ1) is 12.3. The number of pyridine rings is 2. The molecule has 3 aromatic rings. The van der Waals surface area contributed by atoms with Crippen molar-refractivity contribution >= 4 is 33.1 Å². The molecule has 0 bridgehead atoms. The Balaban J connectivity index is 1.59. The lowest BCUT2D eigenvalue weighted by Gasteiger charge is -2.34. The van der Waals surface area contributed by atoms with Gasteiger partial charge in [-0.05, 0) is 36.6 Å². The number of aromatic nitrogens is 2. The second kappa shape index (κ2) is 6.14. The summed E-state index contributed by atoms with van der Waals surface area (Å²) in [5.41, 5.74) is 8.06. The van der Waals surface area contributed by atoms with Crippen LogP contribution in [0, 0.1) is 5.92 Å². The predicted molar refractivity (Wildman–Crippen MR) is 101 cm³/mol. The van der Waals surface area contributed by atoms with Gasteiger partial charge in [0, 0.05) is 41.9 Å². The third-order valence-electron chi connectivity index (χ3n) is 4.62. The number of nitrogens with two attached hydrogens (primary N) is 2. The molecule has 136 valence electrons. The maximum atomic E-state index is 13.0. The van der Waals surface area contributed by atoms with Gasteiger partial charge in [-0.15, -0.1) is 11.3 Å². The third-order valence-corrected chi connectivity index (χ3v) is 5.69. The maximum absolute atomic E-state index is 13.0. The molecule has 5 nitrogen and oxygen atoms in total. The van der Waals surface area contributed by atoms with Crippen LogP contribution in [0.3, 0.4) is 0 Å². The summed E-state index contributed by atoms with van der Waals surface area (Å²) < 4.78 is 26.0. The molecule has 3 heterocycles. The molecule has 0 aromatic carbocycles. The minimum Gasteiger partial charge on any atom is -0.396 e. The first-order valence-electron chi connectivity index (χ1n) is 8.32. The van der Waals surface area contributed by atoms with E-state index in [4.69, 9.17) is 16.6 Å². The zero-order valence-corrected chi connectivity index (χ0v) is 15.1. The van der Waals surface area contributed by atoms with E-state index in [2.05, 4.69) is 4.98 Å².